The summed E-state index contributed by atoms with van der Waals surface area (Å²) in [6.45, 7) is 1.45. The van der Waals surface area contributed by atoms with E-state index in [0.29, 0.717) is 31.8 Å². The van der Waals surface area contributed by atoms with Gasteiger partial charge in [0.25, 0.3) is 0 Å². The number of amides is 1. The van der Waals surface area contributed by atoms with Crippen molar-refractivity contribution in [2.75, 3.05) is 13.2 Å². The number of nitrogens with zero attached hydrogens (tertiary/aromatic N) is 3. The number of carbonyl (C=O) groups excluding carboxylic acids is 1. The highest BCUT2D eigenvalue weighted by Gasteiger charge is 2.23. The van der Waals surface area contributed by atoms with Crippen LogP contribution >= 0.6 is 0 Å². The maximum Gasteiger partial charge on any atom is 0.240 e. The highest BCUT2D eigenvalue weighted by molar-refractivity contribution is 5.92. The summed E-state index contributed by atoms with van der Waals surface area (Å²) in [5.41, 5.74) is 3.46. The highest BCUT2D eigenvalue weighted by Crippen LogP contribution is 2.22. The molecule has 2 aliphatic rings. The van der Waals surface area contributed by atoms with Crippen molar-refractivity contribution >= 4 is 11.6 Å². The van der Waals surface area contributed by atoms with E-state index >= 15 is 0 Å². The number of aromatic nitrogens is 2. The van der Waals surface area contributed by atoms with Crippen LogP contribution in [0.15, 0.2) is 9.62 Å². The minimum absolute atomic E-state index is 0.0231. The number of rotatable bonds is 4. The van der Waals surface area contributed by atoms with E-state index in [0.717, 1.165) is 31.0 Å². The molecule has 0 aromatic carbocycles. The molecule has 0 saturated carbocycles. The minimum atomic E-state index is -0.0231. The third kappa shape index (κ3) is 2.98. The van der Waals surface area contributed by atoms with Crippen LogP contribution in [0.1, 0.15) is 43.3 Å². The van der Waals surface area contributed by atoms with Gasteiger partial charge in [-0.2, -0.15) is 10.1 Å². The summed E-state index contributed by atoms with van der Waals surface area (Å²) in [7, 11) is 0. The number of hydrogen-bond donors (Lipinski definition) is 1. The lowest BCUT2D eigenvalue weighted by atomic mass is 10.1. The average Bonchev–Trinajstić information content (AvgIpc) is 3.09. The molecule has 0 bridgehead atoms. The third-order valence-corrected chi connectivity index (χ3v) is 3.39. The third-order valence-electron chi connectivity index (χ3n) is 3.39. The van der Waals surface area contributed by atoms with Gasteiger partial charge in [0.2, 0.25) is 11.8 Å². The molecule has 1 amide bonds. The van der Waals surface area contributed by atoms with Gasteiger partial charge in [0, 0.05) is 31.1 Å². The Hall–Kier alpha value is -1.76. The highest BCUT2D eigenvalue weighted by atomic mass is 16.5. The van der Waals surface area contributed by atoms with Crippen molar-refractivity contribution in [3.8, 4) is 0 Å². The molecular formula is C12H16N4O3. The molecule has 7 nitrogen and oxygen atoms in total. The molecule has 1 aromatic heterocycles. The van der Waals surface area contributed by atoms with E-state index in [1.165, 1.54) is 0 Å². The largest absolute Gasteiger partial charge is 0.381 e. The molecule has 1 fully saturated rings. The molecule has 19 heavy (non-hydrogen) atoms. The number of carbonyl (C=O) groups is 1. The topological polar surface area (TPSA) is 89.6 Å². The smallest absolute Gasteiger partial charge is 0.240 e. The SMILES string of the molecule is O=C1CCC(CCc2nc(C3CCOC3)no2)=NN1. The van der Waals surface area contributed by atoms with E-state index in [1.807, 2.05) is 0 Å². The van der Waals surface area contributed by atoms with Crippen LogP contribution in [0.2, 0.25) is 0 Å². The van der Waals surface area contributed by atoms with Gasteiger partial charge in [0.05, 0.1) is 6.61 Å². The average molecular weight is 264 g/mol. The van der Waals surface area contributed by atoms with Crippen LogP contribution in [0, 0.1) is 0 Å². The standard InChI is InChI=1S/C12H16N4O3/c17-10-3-1-9(14-15-10)2-4-11-13-12(16-19-11)8-5-6-18-7-8/h8H,1-7H2,(H,15,17). The Morgan fingerprint density at radius 1 is 1.32 bits per heavy atom. The van der Waals surface area contributed by atoms with E-state index in [4.69, 9.17) is 9.26 Å². The van der Waals surface area contributed by atoms with Crippen LogP contribution in [0.5, 0.6) is 0 Å². The van der Waals surface area contributed by atoms with E-state index < -0.39 is 0 Å². The Bertz CT molecular complexity index is 491. The van der Waals surface area contributed by atoms with Crippen LogP contribution in [0.25, 0.3) is 0 Å². The zero-order chi connectivity index (χ0) is 13.1. The molecule has 0 radical (unpaired) electrons. The van der Waals surface area contributed by atoms with Crippen molar-refractivity contribution < 1.29 is 14.1 Å². The Balaban J connectivity index is 1.54. The van der Waals surface area contributed by atoms with Crippen molar-refractivity contribution in [3.05, 3.63) is 11.7 Å². The second-order valence-corrected chi connectivity index (χ2v) is 4.82. The molecule has 3 rings (SSSR count). The second kappa shape index (κ2) is 5.48. The molecule has 1 N–H and O–H groups in total. The monoisotopic (exact) mass is 264 g/mol. The van der Waals surface area contributed by atoms with Crippen molar-refractivity contribution in [3.63, 3.8) is 0 Å². The summed E-state index contributed by atoms with van der Waals surface area (Å²) in [4.78, 5) is 15.4. The van der Waals surface area contributed by atoms with Crippen LogP contribution in [-0.2, 0) is 16.0 Å². The molecule has 0 spiro atoms. The fourth-order valence-electron chi connectivity index (χ4n) is 2.22. The van der Waals surface area contributed by atoms with Crippen LogP contribution in [0.4, 0.5) is 0 Å². The predicted octanol–water partition coefficient (Wildman–Crippen LogP) is 0.772. The van der Waals surface area contributed by atoms with E-state index in [1.54, 1.807) is 0 Å². The summed E-state index contributed by atoms with van der Waals surface area (Å²) in [5.74, 6) is 1.61. The van der Waals surface area contributed by atoms with Gasteiger partial charge in [-0.3, -0.25) is 4.79 Å². The van der Waals surface area contributed by atoms with Gasteiger partial charge < -0.3 is 9.26 Å². The summed E-state index contributed by atoms with van der Waals surface area (Å²) < 4.78 is 10.5. The molecular weight excluding hydrogens is 248 g/mol. The number of ether oxygens (including phenoxy) is 1. The maximum absolute atomic E-state index is 11.0. The number of aryl methyl sites for hydroxylation is 1. The molecule has 1 atom stereocenters. The first-order chi connectivity index (χ1) is 9.31. The van der Waals surface area contributed by atoms with E-state index in [2.05, 4.69) is 20.7 Å². The molecule has 2 aliphatic heterocycles. The summed E-state index contributed by atoms with van der Waals surface area (Å²) in [6.07, 6.45) is 3.58. The second-order valence-electron chi connectivity index (χ2n) is 4.82. The Kier molecular flexibility index (Phi) is 3.54. The summed E-state index contributed by atoms with van der Waals surface area (Å²) in [6, 6.07) is 0. The Morgan fingerprint density at radius 3 is 3.00 bits per heavy atom. The molecule has 102 valence electrons. The van der Waals surface area contributed by atoms with Crippen LogP contribution in [0.3, 0.4) is 0 Å². The van der Waals surface area contributed by atoms with Gasteiger partial charge in [0.1, 0.15) is 0 Å². The van der Waals surface area contributed by atoms with Gasteiger partial charge >= 0.3 is 0 Å². The lowest BCUT2D eigenvalue weighted by molar-refractivity contribution is -0.121. The van der Waals surface area contributed by atoms with Gasteiger partial charge in [0.15, 0.2) is 5.82 Å². The van der Waals surface area contributed by atoms with Gasteiger partial charge in [-0.05, 0) is 19.3 Å². The predicted molar refractivity (Wildman–Crippen MR) is 65.6 cm³/mol. The fraction of sp³-hybridized carbons (Fsp3) is 0.667. The van der Waals surface area contributed by atoms with Crippen molar-refractivity contribution in [2.45, 2.75) is 38.0 Å². The Morgan fingerprint density at radius 2 is 2.26 bits per heavy atom. The van der Waals surface area contributed by atoms with Gasteiger partial charge in [-0.1, -0.05) is 5.16 Å². The maximum atomic E-state index is 11.0. The minimum Gasteiger partial charge on any atom is -0.381 e. The normalized spacial score (nSPS) is 23.3. The lowest BCUT2D eigenvalue weighted by Crippen LogP contribution is -2.25. The molecule has 3 heterocycles. The number of nitrogens with one attached hydrogen (secondary N) is 1. The quantitative estimate of drug-likeness (QED) is 0.867. The molecule has 7 heteroatoms. The first kappa shape index (κ1) is 12.3. The van der Waals surface area contributed by atoms with E-state index in [9.17, 15) is 4.79 Å². The first-order valence-electron chi connectivity index (χ1n) is 6.56. The van der Waals surface area contributed by atoms with Crippen LogP contribution in [-0.4, -0.2) is 35.0 Å². The zero-order valence-electron chi connectivity index (χ0n) is 10.6. The molecule has 1 unspecified atom stereocenters. The zero-order valence-corrected chi connectivity index (χ0v) is 10.6. The van der Waals surface area contributed by atoms with Crippen molar-refractivity contribution in [1.29, 1.82) is 0 Å². The first-order valence-corrected chi connectivity index (χ1v) is 6.56. The molecule has 1 aromatic rings. The summed E-state index contributed by atoms with van der Waals surface area (Å²) >= 11 is 0. The molecule has 1 saturated heterocycles. The van der Waals surface area contributed by atoms with Gasteiger partial charge in [-0.15, -0.1) is 0 Å². The number of hydrogen-bond acceptors (Lipinski definition) is 6. The van der Waals surface area contributed by atoms with E-state index in [-0.39, 0.29) is 11.8 Å². The summed E-state index contributed by atoms with van der Waals surface area (Å²) in [5, 5.41) is 8.02. The van der Waals surface area contributed by atoms with Crippen LogP contribution < -0.4 is 5.43 Å². The number of hydrazone groups is 1. The lowest BCUT2D eigenvalue weighted by Gasteiger charge is -2.10. The molecule has 0 aliphatic carbocycles. The van der Waals surface area contributed by atoms with Crippen molar-refractivity contribution in [1.82, 2.24) is 15.6 Å². The van der Waals surface area contributed by atoms with Gasteiger partial charge in [-0.25, -0.2) is 5.43 Å². The Labute approximate surface area is 110 Å². The van der Waals surface area contributed by atoms with Crippen molar-refractivity contribution in [2.24, 2.45) is 5.10 Å². The fourth-order valence-corrected chi connectivity index (χ4v) is 2.22.